The molecule has 76 valence electrons. The van der Waals surface area contributed by atoms with E-state index in [1.165, 1.54) is 19.3 Å². The third kappa shape index (κ3) is 2.87. The highest BCUT2D eigenvalue weighted by atomic mass is 35.5. The van der Waals surface area contributed by atoms with Gasteiger partial charge >= 0.3 is 0 Å². The van der Waals surface area contributed by atoms with Crippen LogP contribution in [0, 0.1) is 0 Å². The van der Waals surface area contributed by atoms with Crippen molar-refractivity contribution in [2.24, 2.45) is 0 Å². The van der Waals surface area contributed by atoms with Gasteiger partial charge < -0.3 is 5.32 Å². The molecule has 0 heterocycles. The molecule has 0 bridgehead atoms. The van der Waals surface area contributed by atoms with E-state index in [0.29, 0.717) is 0 Å². The van der Waals surface area contributed by atoms with Gasteiger partial charge in [0.05, 0.1) is 0 Å². The molecule has 3 heteroatoms. The van der Waals surface area contributed by atoms with Crippen LogP contribution in [0.25, 0.3) is 0 Å². The average Bonchev–Trinajstić information content (AvgIpc) is 2.19. The Bertz CT molecular complexity index is 176. The quantitative estimate of drug-likeness (QED) is 0.702. The van der Waals surface area contributed by atoms with Crippen molar-refractivity contribution < 1.29 is 4.79 Å². The summed E-state index contributed by atoms with van der Waals surface area (Å²) in [6.07, 6.45) is 7.03. The van der Waals surface area contributed by atoms with E-state index in [1.807, 2.05) is 0 Å². The van der Waals surface area contributed by atoms with Crippen LogP contribution in [0.4, 0.5) is 0 Å². The van der Waals surface area contributed by atoms with Gasteiger partial charge in [-0.2, -0.15) is 0 Å². The van der Waals surface area contributed by atoms with E-state index >= 15 is 0 Å². The van der Waals surface area contributed by atoms with Crippen molar-refractivity contribution in [1.29, 1.82) is 0 Å². The van der Waals surface area contributed by atoms with E-state index in [9.17, 15) is 4.79 Å². The molecule has 0 spiro atoms. The molecular weight excluding hydrogens is 186 g/mol. The topological polar surface area (TPSA) is 29.1 Å². The van der Waals surface area contributed by atoms with Gasteiger partial charge in [0, 0.05) is 5.54 Å². The Morgan fingerprint density at radius 3 is 2.46 bits per heavy atom. The third-order valence-corrected chi connectivity index (χ3v) is 3.26. The lowest BCUT2D eigenvalue weighted by atomic mass is 9.80. The fourth-order valence-corrected chi connectivity index (χ4v) is 2.19. The lowest BCUT2D eigenvalue weighted by molar-refractivity contribution is -0.121. The second-order valence-corrected chi connectivity index (χ2v) is 4.14. The number of rotatable bonds is 3. The smallest absolute Gasteiger partial charge is 0.235 e. The summed E-state index contributed by atoms with van der Waals surface area (Å²) in [4.78, 5) is 11.2. The van der Waals surface area contributed by atoms with Gasteiger partial charge in [-0.15, -0.1) is 11.6 Å². The number of hydrogen-bond acceptors (Lipinski definition) is 1. The summed E-state index contributed by atoms with van der Waals surface area (Å²) in [6.45, 7) is 2.14. The number of carbonyl (C=O) groups excluding carboxylic acids is 1. The molecule has 0 radical (unpaired) electrons. The van der Waals surface area contributed by atoms with Crippen LogP contribution < -0.4 is 5.32 Å². The average molecular weight is 204 g/mol. The van der Waals surface area contributed by atoms with Crippen LogP contribution in [-0.4, -0.2) is 17.3 Å². The zero-order valence-corrected chi connectivity index (χ0v) is 8.99. The number of amides is 1. The van der Waals surface area contributed by atoms with Gasteiger partial charge in [0.1, 0.15) is 5.88 Å². The Labute approximate surface area is 85.0 Å². The van der Waals surface area contributed by atoms with Gasteiger partial charge in [-0.1, -0.05) is 26.2 Å². The predicted octanol–water partition coefficient (Wildman–Crippen LogP) is 2.45. The molecule has 0 aromatic carbocycles. The van der Waals surface area contributed by atoms with E-state index in [2.05, 4.69) is 12.2 Å². The van der Waals surface area contributed by atoms with E-state index in [0.717, 1.165) is 19.3 Å². The molecule has 0 aromatic heterocycles. The van der Waals surface area contributed by atoms with Crippen molar-refractivity contribution in [1.82, 2.24) is 5.32 Å². The van der Waals surface area contributed by atoms with Crippen LogP contribution in [0.15, 0.2) is 0 Å². The summed E-state index contributed by atoms with van der Waals surface area (Å²) < 4.78 is 0. The maximum absolute atomic E-state index is 11.2. The lowest BCUT2D eigenvalue weighted by Gasteiger charge is -2.37. The number of carbonyl (C=O) groups is 1. The largest absolute Gasteiger partial charge is 0.350 e. The second kappa shape index (κ2) is 4.85. The molecule has 1 N–H and O–H groups in total. The molecule has 1 saturated carbocycles. The molecule has 0 aromatic rings. The molecule has 0 atom stereocenters. The van der Waals surface area contributed by atoms with Gasteiger partial charge in [0.2, 0.25) is 5.91 Å². The molecule has 1 aliphatic carbocycles. The zero-order chi connectivity index (χ0) is 9.73. The molecule has 1 aliphatic rings. The minimum Gasteiger partial charge on any atom is -0.350 e. The van der Waals surface area contributed by atoms with Crippen LogP contribution >= 0.6 is 11.6 Å². The second-order valence-electron chi connectivity index (χ2n) is 3.88. The fraction of sp³-hybridized carbons (Fsp3) is 0.900. The van der Waals surface area contributed by atoms with E-state index < -0.39 is 0 Å². The van der Waals surface area contributed by atoms with E-state index in [-0.39, 0.29) is 17.3 Å². The number of nitrogens with one attached hydrogen (secondary N) is 1. The van der Waals surface area contributed by atoms with Crippen LogP contribution in [0.2, 0.25) is 0 Å². The Hall–Kier alpha value is -0.240. The molecular formula is C10H18ClNO. The Kier molecular flexibility index (Phi) is 4.04. The Morgan fingerprint density at radius 1 is 1.38 bits per heavy atom. The summed E-state index contributed by atoms with van der Waals surface area (Å²) in [6, 6.07) is 0. The fourth-order valence-electron chi connectivity index (χ4n) is 2.12. The van der Waals surface area contributed by atoms with Gasteiger partial charge in [0.15, 0.2) is 0 Å². The normalized spacial score (nSPS) is 21.1. The first-order chi connectivity index (χ1) is 6.22. The number of hydrogen-bond donors (Lipinski definition) is 1. The summed E-state index contributed by atoms with van der Waals surface area (Å²) in [5, 5.41) is 3.06. The van der Waals surface area contributed by atoms with Gasteiger partial charge in [-0.25, -0.2) is 0 Å². The van der Waals surface area contributed by atoms with E-state index in [1.54, 1.807) is 0 Å². The highest BCUT2D eigenvalue weighted by Crippen LogP contribution is 2.30. The molecule has 0 unspecified atom stereocenters. The summed E-state index contributed by atoms with van der Waals surface area (Å²) >= 11 is 5.48. The number of alkyl halides is 1. The highest BCUT2D eigenvalue weighted by Gasteiger charge is 2.31. The lowest BCUT2D eigenvalue weighted by Crippen LogP contribution is -2.49. The van der Waals surface area contributed by atoms with Crippen LogP contribution in [0.5, 0.6) is 0 Å². The standard InChI is InChI=1S/C10H18ClNO/c1-2-10(12-9(13)8-11)6-4-3-5-7-10/h2-8H2,1H3,(H,12,13). The monoisotopic (exact) mass is 203 g/mol. The van der Waals surface area contributed by atoms with Gasteiger partial charge in [-0.05, 0) is 19.3 Å². The summed E-state index contributed by atoms with van der Waals surface area (Å²) in [7, 11) is 0. The number of halogens is 1. The predicted molar refractivity (Wildman–Crippen MR) is 55.0 cm³/mol. The molecule has 2 nitrogen and oxygen atoms in total. The summed E-state index contributed by atoms with van der Waals surface area (Å²) in [5.41, 5.74) is 0.0597. The van der Waals surface area contributed by atoms with Crippen LogP contribution in [0.3, 0.4) is 0 Å². The molecule has 0 aliphatic heterocycles. The maximum Gasteiger partial charge on any atom is 0.235 e. The third-order valence-electron chi connectivity index (χ3n) is 3.01. The highest BCUT2D eigenvalue weighted by molar-refractivity contribution is 6.27. The molecule has 0 saturated heterocycles. The van der Waals surface area contributed by atoms with Gasteiger partial charge in [0.25, 0.3) is 0 Å². The van der Waals surface area contributed by atoms with Crippen molar-refractivity contribution in [3.8, 4) is 0 Å². The van der Waals surface area contributed by atoms with Crippen molar-refractivity contribution in [3.63, 3.8) is 0 Å². The first kappa shape index (κ1) is 10.8. The SMILES string of the molecule is CCC1(NC(=O)CCl)CCCCC1. The van der Waals surface area contributed by atoms with Crippen LogP contribution in [-0.2, 0) is 4.79 Å². The first-order valence-corrected chi connectivity index (χ1v) is 5.63. The minimum absolute atomic E-state index is 0.0228. The Morgan fingerprint density at radius 2 is 2.00 bits per heavy atom. The van der Waals surface area contributed by atoms with Gasteiger partial charge in [-0.3, -0.25) is 4.79 Å². The molecule has 1 amide bonds. The van der Waals surface area contributed by atoms with Crippen molar-refractivity contribution in [2.75, 3.05) is 5.88 Å². The van der Waals surface area contributed by atoms with Crippen molar-refractivity contribution >= 4 is 17.5 Å². The molecule has 13 heavy (non-hydrogen) atoms. The first-order valence-electron chi connectivity index (χ1n) is 5.09. The maximum atomic E-state index is 11.2. The van der Waals surface area contributed by atoms with Crippen molar-refractivity contribution in [2.45, 2.75) is 51.0 Å². The van der Waals surface area contributed by atoms with Crippen molar-refractivity contribution in [3.05, 3.63) is 0 Å². The minimum atomic E-state index is -0.0228. The Balaban J connectivity index is 2.52. The molecule has 1 rings (SSSR count). The zero-order valence-electron chi connectivity index (χ0n) is 8.24. The molecule has 1 fully saturated rings. The summed E-state index contributed by atoms with van der Waals surface area (Å²) in [5.74, 6) is 0.0623. The van der Waals surface area contributed by atoms with E-state index in [4.69, 9.17) is 11.6 Å². The van der Waals surface area contributed by atoms with Crippen LogP contribution in [0.1, 0.15) is 45.4 Å².